The largest absolute Gasteiger partial charge is 0.453 e. The van der Waals surface area contributed by atoms with Crippen molar-refractivity contribution in [2.24, 2.45) is 5.92 Å². The first kappa shape index (κ1) is 29.2. The molecule has 3 heterocycles. The Bertz CT molecular complexity index is 1700. The number of fused-ring (bicyclic) bond motifs is 4. The molecule has 13 nitrogen and oxygen atoms in total. The summed E-state index contributed by atoms with van der Waals surface area (Å²) in [6.07, 6.45) is 10.0. The number of aromatic amines is 1. The van der Waals surface area contributed by atoms with Gasteiger partial charge in [-0.3, -0.25) is 14.9 Å². The third kappa shape index (κ3) is 7.32. The van der Waals surface area contributed by atoms with Gasteiger partial charge in [-0.25, -0.2) is 9.78 Å². The van der Waals surface area contributed by atoms with E-state index in [0.717, 1.165) is 0 Å². The lowest BCUT2D eigenvalue weighted by atomic mass is 10.0. The lowest BCUT2D eigenvalue weighted by Gasteiger charge is -2.14. The van der Waals surface area contributed by atoms with Gasteiger partial charge in [0.05, 0.1) is 36.4 Å². The van der Waals surface area contributed by atoms with Crippen molar-refractivity contribution in [2.45, 2.75) is 25.8 Å². The Labute approximate surface area is 251 Å². The molecule has 2 bridgehead atoms. The molecule has 14 heteroatoms. The molecule has 220 valence electrons. The first-order valence-electron chi connectivity index (χ1n) is 13.3. The van der Waals surface area contributed by atoms with Gasteiger partial charge < -0.3 is 20.4 Å². The fourth-order valence-corrected chi connectivity index (χ4v) is 4.73. The van der Waals surface area contributed by atoms with Gasteiger partial charge in [0, 0.05) is 34.3 Å². The zero-order valence-corrected chi connectivity index (χ0v) is 24.0. The number of methoxy groups -OCH3 is 1. The van der Waals surface area contributed by atoms with Crippen molar-refractivity contribution in [1.29, 1.82) is 0 Å². The molecular weight excluding hydrogens is 574 g/mol. The van der Waals surface area contributed by atoms with E-state index in [1.165, 1.54) is 24.2 Å². The molecule has 43 heavy (non-hydrogen) atoms. The van der Waals surface area contributed by atoms with E-state index in [1.54, 1.807) is 48.7 Å². The normalized spacial score (nSPS) is 17.5. The van der Waals surface area contributed by atoms with Crippen molar-refractivity contribution >= 4 is 47.0 Å². The number of carbonyl (C=O) groups is 3. The molecular formula is C29H28ClN9O4. The van der Waals surface area contributed by atoms with Gasteiger partial charge in [0.1, 0.15) is 12.2 Å². The highest BCUT2D eigenvalue weighted by atomic mass is 35.5. The summed E-state index contributed by atoms with van der Waals surface area (Å²) in [5, 5.41) is 20.3. The number of ether oxygens (including phenoxy) is 1. The molecule has 1 aliphatic heterocycles. The van der Waals surface area contributed by atoms with Crippen molar-refractivity contribution in [3.63, 3.8) is 0 Å². The molecule has 3 amide bonds. The fourth-order valence-electron chi connectivity index (χ4n) is 4.55. The fraction of sp³-hybridized carbons (Fsp3) is 0.207. The summed E-state index contributed by atoms with van der Waals surface area (Å²) in [6.45, 7) is 1.93. The third-order valence-corrected chi connectivity index (χ3v) is 6.84. The maximum atomic E-state index is 13.1. The van der Waals surface area contributed by atoms with Gasteiger partial charge in [-0.15, -0.1) is 5.10 Å². The molecule has 0 saturated carbocycles. The van der Waals surface area contributed by atoms with Crippen molar-refractivity contribution < 1.29 is 19.1 Å². The number of tetrazole rings is 1. The number of nitrogens with zero attached hydrogens (tertiary/aromatic N) is 5. The van der Waals surface area contributed by atoms with Crippen LogP contribution in [0.15, 0.2) is 67.2 Å². The van der Waals surface area contributed by atoms with Gasteiger partial charge in [-0.1, -0.05) is 30.7 Å². The highest BCUT2D eigenvalue weighted by Gasteiger charge is 2.20. The van der Waals surface area contributed by atoms with E-state index in [0.29, 0.717) is 51.2 Å². The number of hydrogen-bond acceptors (Lipinski definition) is 8. The predicted molar refractivity (Wildman–Crippen MR) is 160 cm³/mol. The van der Waals surface area contributed by atoms with E-state index in [9.17, 15) is 14.4 Å². The number of H-pyrrole nitrogens is 1. The van der Waals surface area contributed by atoms with Crippen LogP contribution in [0.2, 0.25) is 5.02 Å². The van der Waals surface area contributed by atoms with Gasteiger partial charge in [0.15, 0.2) is 0 Å². The molecule has 4 aromatic rings. The molecule has 1 aliphatic rings. The average Bonchev–Trinajstić information content (AvgIpc) is 3.68. The minimum Gasteiger partial charge on any atom is -0.453 e. The van der Waals surface area contributed by atoms with Crippen LogP contribution < -0.4 is 16.0 Å². The van der Waals surface area contributed by atoms with Crippen LogP contribution in [-0.4, -0.2) is 55.2 Å². The number of allylic oxidation sites excluding steroid dienone is 1. The lowest BCUT2D eigenvalue weighted by molar-refractivity contribution is -0.117. The molecule has 2 atom stereocenters. The van der Waals surface area contributed by atoms with Crippen LogP contribution in [0.1, 0.15) is 37.2 Å². The topological polar surface area (TPSA) is 169 Å². The lowest BCUT2D eigenvalue weighted by Crippen LogP contribution is -2.27. The highest BCUT2D eigenvalue weighted by molar-refractivity contribution is 6.30. The molecule has 0 aliphatic carbocycles. The molecule has 2 aromatic carbocycles. The molecule has 0 fully saturated rings. The molecule has 0 radical (unpaired) electrons. The monoisotopic (exact) mass is 601 g/mol. The summed E-state index contributed by atoms with van der Waals surface area (Å²) in [7, 11) is 1.27. The minimum absolute atomic E-state index is 0.0735. The number of amides is 3. The second-order valence-electron chi connectivity index (χ2n) is 9.80. The van der Waals surface area contributed by atoms with Crippen molar-refractivity contribution in [3.8, 4) is 16.9 Å². The number of rotatable bonds is 5. The minimum atomic E-state index is -0.631. The number of aromatic nitrogens is 6. The molecule has 0 spiro atoms. The Morgan fingerprint density at radius 3 is 2.86 bits per heavy atom. The summed E-state index contributed by atoms with van der Waals surface area (Å²) in [6, 6.07) is 9.77. The van der Waals surface area contributed by atoms with Crippen LogP contribution in [0, 0.1) is 5.92 Å². The van der Waals surface area contributed by atoms with Crippen LogP contribution in [-0.2, 0) is 14.3 Å². The number of anilines is 2. The molecule has 5 rings (SSSR count). The summed E-state index contributed by atoms with van der Waals surface area (Å²) in [5.41, 5.74) is 3.50. The van der Waals surface area contributed by atoms with E-state index >= 15 is 0 Å². The van der Waals surface area contributed by atoms with Crippen molar-refractivity contribution in [1.82, 2.24) is 35.5 Å². The quantitative estimate of drug-likeness (QED) is 0.189. The second-order valence-corrected chi connectivity index (χ2v) is 10.2. The third-order valence-electron chi connectivity index (χ3n) is 6.60. The molecule has 4 N–H and O–H groups in total. The summed E-state index contributed by atoms with van der Waals surface area (Å²) < 4.78 is 6.16. The maximum Gasteiger partial charge on any atom is 0.411 e. The zero-order valence-electron chi connectivity index (χ0n) is 23.2. The predicted octanol–water partition coefficient (Wildman–Crippen LogP) is 4.68. The van der Waals surface area contributed by atoms with Crippen LogP contribution in [0.25, 0.3) is 23.0 Å². The van der Waals surface area contributed by atoms with E-state index in [1.807, 2.05) is 19.1 Å². The Balaban J connectivity index is 1.42. The van der Waals surface area contributed by atoms with Gasteiger partial charge in [-0.2, -0.15) is 4.68 Å². The molecule has 2 aromatic heterocycles. The zero-order chi connectivity index (χ0) is 30.3. The Hall–Kier alpha value is -5.30. The van der Waals surface area contributed by atoms with Gasteiger partial charge in [0.2, 0.25) is 11.8 Å². The van der Waals surface area contributed by atoms with Crippen LogP contribution >= 0.6 is 11.6 Å². The summed E-state index contributed by atoms with van der Waals surface area (Å²) in [4.78, 5) is 45.6. The number of halogens is 1. The Morgan fingerprint density at radius 1 is 1.21 bits per heavy atom. The standard InChI is InChI=1S/C29H28ClN9O4/c1-17-4-3-5-22(34-26(40)11-6-18-13-19(30)7-10-25(18)39-16-32-37-38-39)28-31-15-24(36-28)21-9-8-20(33-29(42)43-2)14-23(21)35-27(41)12-17/h3-4,6-11,13-17,22H,5,12H2,1-2H3,(H,31,36)(H,33,42)(H,34,40)(H,35,41)/b4-3+,11-6+/t17-,22-/m0/s1. The summed E-state index contributed by atoms with van der Waals surface area (Å²) >= 11 is 6.20. The Morgan fingerprint density at radius 2 is 2.07 bits per heavy atom. The smallest absolute Gasteiger partial charge is 0.411 e. The Kier molecular flexibility index (Phi) is 8.91. The summed E-state index contributed by atoms with van der Waals surface area (Å²) in [5.74, 6) is -0.0908. The first-order chi connectivity index (χ1) is 20.8. The number of hydrogen-bond donors (Lipinski definition) is 4. The van der Waals surface area contributed by atoms with Crippen LogP contribution in [0.4, 0.5) is 16.2 Å². The van der Waals surface area contributed by atoms with Crippen LogP contribution in [0.5, 0.6) is 0 Å². The van der Waals surface area contributed by atoms with Gasteiger partial charge in [-0.05, 0) is 65.2 Å². The van der Waals surface area contributed by atoms with Gasteiger partial charge >= 0.3 is 6.09 Å². The van der Waals surface area contributed by atoms with E-state index in [4.69, 9.17) is 11.6 Å². The van der Waals surface area contributed by atoms with E-state index in [-0.39, 0.29) is 24.2 Å². The van der Waals surface area contributed by atoms with Crippen molar-refractivity contribution in [2.75, 3.05) is 17.7 Å². The first-order valence-corrected chi connectivity index (χ1v) is 13.7. The van der Waals surface area contributed by atoms with E-state index < -0.39 is 12.1 Å². The second kappa shape index (κ2) is 13.1. The maximum absolute atomic E-state index is 13.1. The molecule has 0 unspecified atom stereocenters. The highest BCUT2D eigenvalue weighted by Crippen LogP contribution is 2.32. The number of carbonyl (C=O) groups excluding carboxylic acids is 3. The number of benzene rings is 2. The van der Waals surface area contributed by atoms with E-state index in [2.05, 4.69) is 46.2 Å². The number of nitrogens with one attached hydrogen (secondary N) is 4. The van der Waals surface area contributed by atoms with Crippen molar-refractivity contribution in [3.05, 3.63) is 83.6 Å². The average molecular weight is 602 g/mol. The van der Waals surface area contributed by atoms with Crippen LogP contribution in [0.3, 0.4) is 0 Å². The SMILES string of the molecule is COC(=O)Nc1ccc2c(c1)NC(=O)C[C@@H](C)/C=C/C[C@H](NC(=O)/C=C/c1cc(Cl)ccc1-n1cnnn1)c1ncc-2[nH]1. The van der Waals surface area contributed by atoms with Gasteiger partial charge in [0.25, 0.3) is 0 Å². The number of imidazole rings is 1. The molecule has 0 saturated heterocycles.